The molecule has 0 bridgehead atoms. The third-order valence-corrected chi connectivity index (χ3v) is 6.40. The molecule has 0 spiro atoms. The van der Waals surface area contributed by atoms with E-state index in [-0.39, 0.29) is 12.0 Å². The van der Waals surface area contributed by atoms with Gasteiger partial charge in [-0.3, -0.25) is 9.88 Å². The van der Waals surface area contributed by atoms with Gasteiger partial charge in [-0.2, -0.15) is 0 Å². The first-order valence-electron chi connectivity index (χ1n) is 10.8. The summed E-state index contributed by atoms with van der Waals surface area (Å²) in [5.41, 5.74) is 3.77. The van der Waals surface area contributed by atoms with E-state index in [0.717, 1.165) is 81.3 Å². The van der Waals surface area contributed by atoms with Crippen LogP contribution in [0.15, 0.2) is 30.6 Å². The lowest BCUT2D eigenvalue weighted by molar-refractivity contribution is 0.0336. The van der Waals surface area contributed by atoms with Crippen molar-refractivity contribution in [1.82, 2.24) is 14.9 Å². The van der Waals surface area contributed by atoms with Gasteiger partial charge in [0.2, 0.25) is 0 Å². The molecule has 7 heteroatoms. The number of ether oxygens (including phenoxy) is 1. The molecule has 2 aromatic rings. The molecule has 0 radical (unpaired) electrons. The normalized spacial score (nSPS) is 19.0. The lowest BCUT2D eigenvalue weighted by Crippen LogP contribution is -2.40. The number of aromatic nitrogens is 2. The monoisotopic (exact) mass is 440 g/mol. The maximum atomic E-state index is 9.64. The van der Waals surface area contributed by atoms with E-state index in [0.29, 0.717) is 5.15 Å². The zero-order valence-corrected chi connectivity index (χ0v) is 18.7. The Kier molecular flexibility index (Phi) is 7.09. The molecule has 6 nitrogen and oxygen atoms in total. The number of hydrogen-bond acceptors (Lipinski definition) is 6. The molecule has 2 aliphatic rings. The summed E-state index contributed by atoms with van der Waals surface area (Å²) in [6, 6.07) is 5.95. The molecule has 0 atom stereocenters. The second-order valence-corrected chi connectivity index (χ2v) is 9.04. The van der Waals surface area contributed by atoms with E-state index in [1.807, 2.05) is 24.4 Å². The summed E-state index contributed by atoms with van der Waals surface area (Å²) in [5, 5.41) is 10.1. The van der Waals surface area contributed by atoms with E-state index < -0.39 is 0 Å². The number of aliphatic hydroxyl groups is 1. The number of piperidine rings is 1. The van der Waals surface area contributed by atoms with Crippen LogP contribution in [-0.4, -0.2) is 66.0 Å². The molecule has 2 aromatic heterocycles. The predicted molar refractivity (Wildman–Crippen MR) is 122 cm³/mol. The Balaban J connectivity index is 1.46. The lowest BCUT2D eigenvalue weighted by Gasteiger charge is -2.39. The third kappa shape index (κ3) is 5.75. The summed E-state index contributed by atoms with van der Waals surface area (Å²) in [4.78, 5) is 13.5. The number of pyridine rings is 2. The second-order valence-electron chi connectivity index (χ2n) is 8.66. The highest BCUT2D eigenvalue weighted by molar-refractivity contribution is 6.29. The molecule has 0 unspecified atom stereocenters. The fourth-order valence-corrected chi connectivity index (χ4v) is 4.10. The molecule has 31 heavy (non-hydrogen) atoms. The average Bonchev–Trinajstić information content (AvgIpc) is 2.80. The molecule has 0 saturated carbocycles. The minimum absolute atomic E-state index is 0.00615. The first kappa shape index (κ1) is 22.0. The van der Waals surface area contributed by atoms with Crippen molar-refractivity contribution in [3.63, 3.8) is 0 Å². The molecule has 2 aliphatic heterocycles. The first-order chi connectivity index (χ1) is 15.0. The molecular weight excluding hydrogens is 412 g/mol. The molecule has 0 amide bonds. The van der Waals surface area contributed by atoms with Gasteiger partial charge in [0.1, 0.15) is 5.15 Å². The van der Waals surface area contributed by atoms with Gasteiger partial charge in [-0.15, -0.1) is 0 Å². The number of rotatable bonds is 4. The van der Waals surface area contributed by atoms with Crippen molar-refractivity contribution in [2.24, 2.45) is 5.41 Å². The largest absolute Gasteiger partial charge is 0.396 e. The Hall–Kier alpha value is -2.17. The van der Waals surface area contributed by atoms with Gasteiger partial charge in [-0.05, 0) is 30.4 Å². The third-order valence-electron chi connectivity index (χ3n) is 6.20. The summed E-state index contributed by atoms with van der Waals surface area (Å²) in [6.07, 6.45) is 5.44. The Labute approximate surface area is 189 Å². The summed E-state index contributed by atoms with van der Waals surface area (Å²) >= 11 is 6.19. The van der Waals surface area contributed by atoms with Crippen molar-refractivity contribution in [2.45, 2.75) is 26.3 Å². The molecule has 2 saturated heterocycles. The summed E-state index contributed by atoms with van der Waals surface area (Å²) in [7, 11) is 0. The van der Waals surface area contributed by atoms with Crippen LogP contribution >= 0.6 is 11.6 Å². The molecular formula is C24H29ClN4O2. The quantitative estimate of drug-likeness (QED) is 0.582. The van der Waals surface area contributed by atoms with Crippen LogP contribution < -0.4 is 4.90 Å². The van der Waals surface area contributed by atoms with Crippen molar-refractivity contribution in [3.8, 4) is 11.8 Å². The summed E-state index contributed by atoms with van der Waals surface area (Å²) in [5.74, 6) is 6.48. The van der Waals surface area contributed by atoms with E-state index in [9.17, 15) is 5.11 Å². The number of nitrogens with zero attached hydrogens (tertiary/aromatic N) is 4. The maximum absolute atomic E-state index is 9.64. The molecule has 0 aliphatic carbocycles. The minimum atomic E-state index is -0.00615. The first-order valence-corrected chi connectivity index (χ1v) is 11.2. The van der Waals surface area contributed by atoms with Crippen molar-refractivity contribution in [2.75, 3.05) is 50.9 Å². The van der Waals surface area contributed by atoms with Crippen molar-refractivity contribution in [3.05, 3.63) is 52.6 Å². The van der Waals surface area contributed by atoms with Gasteiger partial charge in [0, 0.05) is 63.4 Å². The maximum Gasteiger partial charge on any atom is 0.131 e. The summed E-state index contributed by atoms with van der Waals surface area (Å²) in [6.45, 7) is 8.40. The number of anilines is 1. The Morgan fingerprint density at radius 3 is 2.55 bits per heavy atom. The summed E-state index contributed by atoms with van der Waals surface area (Å²) < 4.78 is 5.40. The van der Waals surface area contributed by atoms with E-state index in [4.69, 9.17) is 16.3 Å². The van der Waals surface area contributed by atoms with Gasteiger partial charge in [0.15, 0.2) is 0 Å². The highest BCUT2D eigenvalue weighted by Gasteiger charge is 2.30. The molecule has 1 N–H and O–H groups in total. The van der Waals surface area contributed by atoms with Crippen LogP contribution in [0.4, 0.5) is 5.69 Å². The smallest absolute Gasteiger partial charge is 0.131 e. The predicted octanol–water partition coefficient (Wildman–Crippen LogP) is 2.96. The van der Waals surface area contributed by atoms with Crippen LogP contribution in [0, 0.1) is 17.3 Å². The van der Waals surface area contributed by atoms with Crippen LogP contribution in [0.3, 0.4) is 0 Å². The van der Waals surface area contributed by atoms with Crippen molar-refractivity contribution < 1.29 is 9.84 Å². The zero-order chi connectivity index (χ0) is 21.7. The van der Waals surface area contributed by atoms with E-state index in [1.54, 1.807) is 6.20 Å². The molecule has 2 fully saturated rings. The fourth-order valence-electron chi connectivity index (χ4n) is 3.94. The van der Waals surface area contributed by atoms with Gasteiger partial charge >= 0.3 is 0 Å². The van der Waals surface area contributed by atoms with E-state index in [1.165, 1.54) is 0 Å². The Bertz CT molecular complexity index is 940. The van der Waals surface area contributed by atoms with Gasteiger partial charge < -0.3 is 14.7 Å². The molecule has 0 aromatic carbocycles. The van der Waals surface area contributed by atoms with Crippen LogP contribution in [0.2, 0.25) is 5.15 Å². The van der Waals surface area contributed by atoms with Gasteiger partial charge in [0.25, 0.3) is 0 Å². The highest BCUT2D eigenvalue weighted by atomic mass is 35.5. The standard InChI is InChI=1S/C24H29ClN4O2/c1-24(18-30)6-8-29(9-7-24)22-14-23(25)27-16-20(22)4-2-19-3-5-21(26-15-19)17-28-10-12-31-13-11-28/h3,5,14-16,30H,6-13,17-18H2,1H3. The average molecular weight is 441 g/mol. The zero-order valence-electron chi connectivity index (χ0n) is 18.0. The number of halogens is 1. The topological polar surface area (TPSA) is 61.7 Å². The van der Waals surface area contributed by atoms with E-state index >= 15 is 0 Å². The molecule has 4 heterocycles. The van der Waals surface area contributed by atoms with E-state index in [2.05, 4.69) is 38.5 Å². The Morgan fingerprint density at radius 2 is 1.87 bits per heavy atom. The molecule has 4 rings (SSSR count). The lowest BCUT2D eigenvalue weighted by atomic mass is 9.81. The fraction of sp³-hybridized carbons (Fsp3) is 0.500. The van der Waals surface area contributed by atoms with Gasteiger partial charge in [-0.25, -0.2) is 4.98 Å². The van der Waals surface area contributed by atoms with Crippen LogP contribution in [0.25, 0.3) is 0 Å². The molecule has 164 valence electrons. The second kappa shape index (κ2) is 9.97. The van der Waals surface area contributed by atoms with Crippen LogP contribution in [-0.2, 0) is 11.3 Å². The SMILES string of the molecule is CC1(CO)CCN(c2cc(Cl)ncc2C#Cc2ccc(CN3CCOCC3)nc2)CC1. The number of morpholine rings is 1. The number of aliphatic hydroxyl groups excluding tert-OH is 1. The van der Waals surface area contributed by atoms with Crippen LogP contribution in [0.1, 0.15) is 36.6 Å². The van der Waals surface area contributed by atoms with Gasteiger partial charge in [0.05, 0.1) is 30.2 Å². The number of hydrogen-bond donors (Lipinski definition) is 1. The van der Waals surface area contributed by atoms with Crippen molar-refractivity contribution in [1.29, 1.82) is 0 Å². The van der Waals surface area contributed by atoms with Gasteiger partial charge in [-0.1, -0.05) is 30.4 Å². The van der Waals surface area contributed by atoms with Crippen molar-refractivity contribution >= 4 is 17.3 Å². The highest BCUT2D eigenvalue weighted by Crippen LogP contribution is 2.34. The minimum Gasteiger partial charge on any atom is -0.396 e. The Morgan fingerprint density at radius 1 is 1.10 bits per heavy atom. The van der Waals surface area contributed by atoms with Crippen LogP contribution in [0.5, 0.6) is 0 Å².